The quantitative estimate of drug-likeness (QED) is 0.606. The van der Waals surface area contributed by atoms with Gasteiger partial charge in [-0.2, -0.15) is 0 Å². The second-order valence-electron chi connectivity index (χ2n) is 5.57. The largest absolute Gasteiger partial charge is 0.445 e. The van der Waals surface area contributed by atoms with Crippen LogP contribution in [0, 0.1) is 6.92 Å². The first-order chi connectivity index (χ1) is 11.5. The number of aliphatic hydroxyl groups excluding tert-OH is 2. The van der Waals surface area contributed by atoms with Crippen molar-refractivity contribution in [1.29, 1.82) is 0 Å². The zero-order chi connectivity index (χ0) is 17.5. The Kier molecular flexibility index (Phi) is 6.17. The van der Waals surface area contributed by atoms with Crippen LogP contribution in [0.5, 0.6) is 0 Å². The lowest BCUT2D eigenvalue weighted by Crippen LogP contribution is -2.36. The lowest BCUT2D eigenvalue weighted by Gasteiger charge is -2.20. The van der Waals surface area contributed by atoms with Crippen LogP contribution in [-0.4, -0.2) is 29.0 Å². The van der Waals surface area contributed by atoms with Crippen LogP contribution in [-0.2, 0) is 11.3 Å². The summed E-state index contributed by atoms with van der Waals surface area (Å²) in [6.07, 6.45) is -2.98. The Morgan fingerprint density at radius 2 is 1.92 bits per heavy atom. The minimum Gasteiger partial charge on any atom is -0.445 e. The molecule has 1 amide bonds. The number of carbonyl (C=O) groups is 1. The van der Waals surface area contributed by atoms with Crippen molar-refractivity contribution in [3.05, 3.63) is 65.2 Å². The minimum absolute atomic E-state index is 0.136. The smallest absolute Gasteiger partial charge is 0.407 e. The van der Waals surface area contributed by atoms with Crippen molar-refractivity contribution in [3.63, 3.8) is 0 Å². The molecule has 24 heavy (non-hydrogen) atoms. The van der Waals surface area contributed by atoms with Gasteiger partial charge in [0.2, 0.25) is 0 Å². The number of nitrogens with two attached hydrogens (primary N) is 1. The molecule has 0 fully saturated rings. The highest BCUT2D eigenvalue weighted by Gasteiger charge is 2.21. The summed E-state index contributed by atoms with van der Waals surface area (Å²) < 4.78 is 5.04. The summed E-state index contributed by atoms with van der Waals surface area (Å²) in [7, 11) is 0. The number of benzene rings is 2. The fraction of sp³-hybridized carbons (Fsp3) is 0.278. The maximum atomic E-state index is 11.7. The number of nitrogen functional groups attached to an aromatic ring is 1. The first-order valence-electron chi connectivity index (χ1n) is 7.64. The van der Waals surface area contributed by atoms with Crippen LogP contribution in [0.3, 0.4) is 0 Å². The van der Waals surface area contributed by atoms with Crippen molar-refractivity contribution >= 4 is 11.8 Å². The Balaban J connectivity index is 1.82. The van der Waals surface area contributed by atoms with E-state index in [0.29, 0.717) is 11.3 Å². The fourth-order valence-electron chi connectivity index (χ4n) is 2.26. The number of aliphatic hydroxyl groups is 2. The summed E-state index contributed by atoms with van der Waals surface area (Å²) in [5.41, 5.74) is 8.40. The van der Waals surface area contributed by atoms with E-state index in [1.54, 1.807) is 18.2 Å². The molecule has 2 unspecified atom stereocenters. The number of alkyl carbamates (subject to hydrolysis) is 1. The summed E-state index contributed by atoms with van der Waals surface area (Å²) in [6, 6.07) is 14.4. The van der Waals surface area contributed by atoms with E-state index in [9.17, 15) is 15.0 Å². The number of rotatable bonds is 6. The van der Waals surface area contributed by atoms with Crippen molar-refractivity contribution in [2.45, 2.75) is 25.7 Å². The Labute approximate surface area is 140 Å². The lowest BCUT2D eigenvalue weighted by atomic mass is 9.99. The van der Waals surface area contributed by atoms with Gasteiger partial charge in [-0.05, 0) is 35.7 Å². The van der Waals surface area contributed by atoms with Gasteiger partial charge in [-0.15, -0.1) is 0 Å². The van der Waals surface area contributed by atoms with Gasteiger partial charge in [0.05, 0.1) is 0 Å². The van der Waals surface area contributed by atoms with Crippen molar-refractivity contribution in [3.8, 4) is 0 Å². The predicted octanol–water partition coefficient (Wildman–Crippen LogP) is 1.90. The number of anilines is 1. The molecule has 0 aromatic heterocycles. The Morgan fingerprint density at radius 1 is 1.21 bits per heavy atom. The molecule has 0 aliphatic rings. The summed E-state index contributed by atoms with van der Waals surface area (Å²) in [5.74, 6) is 0. The average molecular weight is 330 g/mol. The Morgan fingerprint density at radius 3 is 2.62 bits per heavy atom. The van der Waals surface area contributed by atoms with Crippen LogP contribution >= 0.6 is 0 Å². The summed E-state index contributed by atoms with van der Waals surface area (Å²) >= 11 is 0. The van der Waals surface area contributed by atoms with Crippen LogP contribution in [0.25, 0.3) is 0 Å². The van der Waals surface area contributed by atoms with Gasteiger partial charge in [-0.25, -0.2) is 4.79 Å². The van der Waals surface area contributed by atoms with Gasteiger partial charge in [0.1, 0.15) is 18.8 Å². The maximum absolute atomic E-state index is 11.7. The van der Waals surface area contributed by atoms with Gasteiger partial charge < -0.3 is 26.0 Å². The van der Waals surface area contributed by atoms with Crippen molar-refractivity contribution in [1.82, 2.24) is 5.32 Å². The highest BCUT2D eigenvalue weighted by atomic mass is 16.5. The van der Waals surface area contributed by atoms with Crippen LogP contribution in [0.4, 0.5) is 10.5 Å². The van der Waals surface area contributed by atoms with Gasteiger partial charge in [0.25, 0.3) is 0 Å². The number of ether oxygens (including phenoxy) is 1. The van der Waals surface area contributed by atoms with Crippen LogP contribution in [0.15, 0.2) is 48.5 Å². The van der Waals surface area contributed by atoms with E-state index in [2.05, 4.69) is 5.32 Å². The van der Waals surface area contributed by atoms with Gasteiger partial charge in [0.15, 0.2) is 0 Å². The Bertz CT molecular complexity index is 676. The molecule has 6 heteroatoms. The highest BCUT2D eigenvalue weighted by molar-refractivity contribution is 5.67. The number of hydrogen-bond donors (Lipinski definition) is 4. The molecule has 2 aromatic carbocycles. The third-order valence-electron chi connectivity index (χ3n) is 3.65. The first-order valence-corrected chi connectivity index (χ1v) is 7.64. The molecule has 0 aliphatic heterocycles. The zero-order valence-electron chi connectivity index (χ0n) is 13.5. The molecular weight excluding hydrogens is 308 g/mol. The molecule has 0 saturated heterocycles. The molecule has 5 N–H and O–H groups in total. The predicted molar refractivity (Wildman–Crippen MR) is 91.2 cm³/mol. The van der Waals surface area contributed by atoms with Crippen molar-refractivity contribution in [2.75, 3.05) is 12.3 Å². The number of hydrogen-bond acceptors (Lipinski definition) is 5. The average Bonchev–Trinajstić information content (AvgIpc) is 2.60. The second kappa shape index (κ2) is 8.33. The zero-order valence-corrected chi connectivity index (χ0v) is 13.5. The highest BCUT2D eigenvalue weighted by Crippen LogP contribution is 2.23. The molecule has 0 aliphatic carbocycles. The molecule has 0 bridgehead atoms. The summed E-state index contributed by atoms with van der Waals surface area (Å²) in [5, 5.41) is 22.7. The van der Waals surface area contributed by atoms with E-state index in [1.807, 2.05) is 37.3 Å². The third kappa shape index (κ3) is 4.97. The normalized spacial score (nSPS) is 13.1. The maximum Gasteiger partial charge on any atom is 0.407 e. The molecular formula is C18H22N2O4. The van der Waals surface area contributed by atoms with Crippen molar-refractivity contribution in [2.24, 2.45) is 0 Å². The molecule has 2 atom stereocenters. The van der Waals surface area contributed by atoms with Gasteiger partial charge >= 0.3 is 6.09 Å². The molecule has 2 aromatic rings. The van der Waals surface area contributed by atoms with E-state index in [4.69, 9.17) is 10.5 Å². The monoisotopic (exact) mass is 330 g/mol. The molecule has 6 nitrogen and oxygen atoms in total. The van der Waals surface area contributed by atoms with Gasteiger partial charge in [-0.3, -0.25) is 0 Å². The number of aryl methyl sites for hydroxylation is 1. The van der Waals surface area contributed by atoms with E-state index in [1.165, 1.54) is 0 Å². The molecule has 0 spiro atoms. The van der Waals surface area contributed by atoms with Crippen LogP contribution in [0.2, 0.25) is 0 Å². The van der Waals surface area contributed by atoms with E-state index in [-0.39, 0.29) is 13.2 Å². The van der Waals surface area contributed by atoms with E-state index >= 15 is 0 Å². The Hall–Kier alpha value is -2.57. The third-order valence-corrected chi connectivity index (χ3v) is 3.65. The molecule has 0 radical (unpaired) electrons. The molecule has 128 valence electrons. The van der Waals surface area contributed by atoms with Crippen LogP contribution in [0.1, 0.15) is 22.8 Å². The van der Waals surface area contributed by atoms with Crippen LogP contribution < -0.4 is 11.1 Å². The fourth-order valence-corrected chi connectivity index (χ4v) is 2.26. The van der Waals surface area contributed by atoms with Gasteiger partial charge in [-0.1, -0.05) is 36.4 Å². The summed E-state index contributed by atoms with van der Waals surface area (Å²) in [6.45, 7) is 1.81. The standard InChI is InChI=1S/C18H22N2O4/c1-12-7-8-14(19)9-15(12)17(22)16(21)10-20-18(23)24-11-13-5-3-2-4-6-13/h2-9,16-17,21-22H,10-11,19H2,1H3,(H,20,23). The minimum atomic E-state index is -1.17. The second-order valence-corrected chi connectivity index (χ2v) is 5.57. The number of carbonyl (C=O) groups excluding carboxylic acids is 1. The summed E-state index contributed by atoms with van der Waals surface area (Å²) in [4.78, 5) is 11.7. The molecule has 0 saturated carbocycles. The van der Waals surface area contributed by atoms with E-state index < -0.39 is 18.3 Å². The van der Waals surface area contributed by atoms with Gasteiger partial charge in [0, 0.05) is 12.2 Å². The first kappa shape index (κ1) is 17.8. The topological polar surface area (TPSA) is 105 Å². The number of amides is 1. The number of nitrogens with one attached hydrogen (secondary N) is 1. The van der Waals surface area contributed by atoms with E-state index in [0.717, 1.165) is 11.1 Å². The molecule has 0 heterocycles. The molecule has 2 rings (SSSR count). The SMILES string of the molecule is Cc1ccc(N)cc1C(O)C(O)CNC(=O)OCc1ccccc1. The van der Waals surface area contributed by atoms with Crippen molar-refractivity contribution < 1.29 is 19.7 Å². The lowest BCUT2D eigenvalue weighted by molar-refractivity contribution is 0.0181.